The molecule has 2 aromatic carbocycles. The van der Waals surface area contributed by atoms with Crippen molar-refractivity contribution in [2.75, 3.05) is 0 Å². The van der Waals surface area contributed by atoms with Crippen molar-refractivity contribution < 1.29 is 14.8 Å². The van der Waals surface area contributed by atoms with Crippen LogP contribution >= 0.6 is 50.9 Å². The van der Waals surface area contributed by atoms with Crippen LogP contribution in [0.15, 0.2) is 44.7 Å². The number of phenolic OH excluding ortho intramolecular Hbond substituents is 1. The molecule has 0 radical (unpaired) electrons. The smallest absolute Gasteiger partial charge is 0.312 e. The number of carbonyl (C=O) groups is 1. The van der Waals surface area contributed by atoms with Crippen LogP contribution in [0.25, 0.3) is 6.08 Å². The van der Waals surface area contributed by atoms with E-state index in [-0.39, 0.29) is 14.4 Å². The van der Waals surface area contributed by atoms with E-state index >= 15 is 0 Å². The van der Waals surface area contributed by atoms with Crippen molar-refractivity contribution in [1.29, 1.82) is 0 Å². The van der Waals surface area contributed by atoms with Crippen LogP contribution < -0.4 is 5.32 Å². The Bertz CT molecular complexity index is 1040. The quantitative estimate of drug-likeness (QED) is 0.348. The molecule has 0 bridgehead atoms. The first-order valence-electron chi connectivity index (χ1n) is 7.16. The van der Waals surface area contributed by atoms with Gasteiger partial charge in [-0.3, -0.25) is 14.9 Å². The number of nitrogens with one attached hydrogen (secondary N) is 1. The monoisotopic (exact) mass is 487 g/mol. The number of nitro benzene ring substituents is 1. The molecule has 138 valence electrons. The number of benzene rings is 2. The van der Waals surface area contributed by atoms with Crippen molar-refractivity contribution in [3.63, 3.8) is 0 Å². The lowest BCUT2D eigenvalue weighted by atomic mass is 10.1. The maximum Gasteiger partial charge on any atom is 0.312 e. The van der Waals surface area contributed by atoms with Crippen LogP contribution in [-0.2, 0) is 4.79 Å². The number of phenols is 1. The largest absolute Gasteiger partial charge is 0.501 e. The summed E-state index contributed by atoms with van der Waals surface area (Å²) in [7, 11) is 0. The minimum absolute atomic E-state index is 0.145. The molecular weight excluding hydrogens is 481 g/mol. The highest BCUT2D eigenvalue weighted by Crippen LogP contribution is 2.37. The summed E-state index contributed by atoms with van der Waals surface area (Å²) in [5.41, 5.74) is 0.293. The Balaban J connectivity index is 1.93. The van der Waals surface area contributed by atoms with E-state index in [1.54, 1.807) is 18.2 Å². The lowest BCUT2D eigenvalue weighted by molar-refractivity contribution is -0.386. The van der Waals surface area contributed by atoms with E-state index < -0.39 is 22.3 Å². The number of amides is 1. The molecule has 1 heterocycles. The first kappa shape index (κ1) is 19.7. The molecule has 0 aliphatic carbocycles. The average molecular weight is 489 g/mol. The molecule has 0 atom stereocenters. The van der Waals surface area contributed by atoms with Gasteiger partial charge >= 0.3 is 5.69 Å². The van der Waals surface area contributed by atoms with Gasteiger partial charge in [0.1, 0.15) is 0 Å². The van der Waals surface area contributed by atoms with Crippen LogP contribution in [0, 0.1) is 10.1 Å². The van der Waals surface area contributed by atoms with Crippen LogP contribution in [0.4, 0.5) is 11.4 Å². The number of halogens is 3. The van der Waals surface area contributed by atoms with Crippen LogP contribution in [0.2, 0.25) is 10.0 Å². The van der Waals surface area contributed by atoms with Gasteiger partial charge in [-0.1, -0.05) is 29.3 Å². The Hall–Kier alpha value is -2.07. The van der Waals surface area contributed by atoms with Crippen molar-refractivity contribution >= 4 is 79.4 Å². The van der Waals surface area contributed by atoms with Gasteiger partial charge < -0.3 is 10.4 Å². The second-order valence-electron chi connectivity index (χ2n) is 5.18. The van der Waals surface area contributed by atoms with Crippen LogP contribution in [-0.4, -0.2) is 21.1 Å². The Kier molecular flexibility index (Phi) is 5.75. The zero-order valence-corrected chi connectivity index (χ0v) is 17.0. The lowest BCUT2D eigenvalue weighted by Gasteiger charge is -2.02. The SMILES string of the molecule is O=C1NC(=Nc2cccc(Cl)c2Cl)SC1=Cc1cc(Br)c(O)c([N+](=O)[O-])c1. The molecule has 11 heteroatoms. The van der Waals surface area contributed by atoms with E-state index in [4.69, 9.17) is 23.2 Å². The van der Waals surface area contributed by atoms with E-state index in [0.717, 1.165) is 11.8 Å². The minimum atomic E-state index is -0.710. The highest BCUT2D eigenvalue weighted by Gasteiger charge is 2.25. The molecule has 2 aromatic rings. The average Bonchev–Trinajstić information content (AvgIpc) is 2.94. The zero-order valence-electron chi connectivity index (χ0n) is 13.1. The Morgan fingerprint density at radius 2 is 2.07 bits per heavy atom. The van der Waals surface area contributed by atoms with Gasteiger partial charge in [0.15, 0.2) is 5.17 Å². The van der Waals surface area contributed by atoms with E-state index in [2.05, 4.69) is 26.2 Å². The number of carbonyl (C=O) groups excluding carboxylic acids is 1. The molecule has 1 aliphatic rings. The van der Waals surface area contributed by atoms with E-state index in [0.29, 0.717) is 21.4 Å². The highest BCUT2D eigenvalue weighted by molar-refractivity contribution is 9.10. The summed E-state index contributed by atoms with van der Waals surface area (Å²) < 4.78 is 0.145. The maximum absolute atomic E-state index is 12.2. The Morgan fingerprint density at radius 3 is 2.78 bits per heavy atom. The number of hydrogen-bond donors (Lipinski definition) is 2. The highest BCUT2D eigenvalue weighted by atomic mass is 79.9. The molecule has 0 aromatic heterocycles. The summed E-state index contributed by atoms with van der Waals surface area (Å²) in [5, 5.41) is 24.2. The van der Waals surface area contributed by atoms with Crippen molar-refractivity contribution in [3.8, 4) is 5.75 Å². The number of nitrogens with zero attached hydrogens (tertiary/aromatic N) is 2. The van der Waals surface area contributed by atoms with Crippen LogP contribution in [0.3, 0.4) is 0 Å². The third-order valence-electron chi connectivity index (χ3n) is 3.36. The van der Waals surface area contributed by atoms with Gasteiger partial charge in [0.25, 0.3) is 5.91 Å². The number of thioether (sulfide) groups is 1. The van der Waals surface area contributed by atoms with Crippen molar-refractivity contribution in [3.05, 3.63) is 65.4 Å². The van der Waals surface area contributed by atoms with Gasteiger partial charge in [-0.05, 0) is 57.5 Å². The minimum Gasteiger partial charge on any atom is -0.501 e. The molecule has 1 amide bonds. The summed E-state index contributed by atoms with van der Waals surface area (Å²) in [4.78, 5) is 27.0. The summed E-state index contributed by atoms with van der Waals surface area (Å²) in [6.45, 7) is 0. The van der Waals surface area contributed by atoms with Gasteiger partial charge in [0, 0.05) is 6.07 Å². The fourth-order valence-electron chi connectivity index (χ4n) is 2.15. The maximum atomic E-state index is 12.2. The summed E-state index contributed by atoms with van der Waals surface area (Å²) >= 11 is 16.1. The number of nitro groups is 1. The van der Waals surface area contributed by atoms with Crippen molar-refractivity contribution in [2.24, 2.45) is 4.99 Å². The number of hydrogen-bond acceptors (Lipinski definition) is 6. The molecule has 3 rings (SSSR count). The third-order valence-corrected chi connectivity index (χ3v) is 5.69. The van der Waals surface area contributed by atoms with E-state index in [1.807, 2.05) is 0 Å². The molecule has 0 saturated carbocycles. The van der Waals surface area contributed by atoms with Gasteiger partial charge in [-0.25, -0.2) is 4.99 Å². The predicted molar refractivity (Wildman–Crippen MR) is 110 cm³/mol. The molecule has 1 aliphatic heterocycles. The van der Waals surface area contributed by atoms with E-state index in [9.17, 15) is 20.0 Å². The topological polar surface area (TPSA) is 105 Å². The lowest BCUT2D eigenvalue weighted by Crippen LogP contribution is -2.19. The van der Waals surface area contributed by atoms with E-state index in [1.165, 1.54) is 18.2 Å². The van der Waals surface area contributed by atoms with Crippen LogP contribution in [0.1, 0.15) is 5.56 Å². The molecule has 27 heavy (non-hydrogen) atoms. The number of aromatic hydroxyl groups is 1. The fourth-order valence-corrected chi connectivity index (χ4v) is 3.79. The number of aliphatic imine (C=N–C) groups is 1. The number of amidine groups is 1. The van der Waals surface area contributed by atoms with Gasteiger partial charge in [-0.2, -0.15) is 0 Å². The molecule has 0 unspecified atom stereocenters. The molecule has 1 saturated heterocycles. The molecule has 0 spiro atoms. The Labute approximate surface area is 175 Å². The molecule has 1 fully saturated rings. The second kappa shape index (κ2) is 7.89. The fraction of sp³-hybridized carbons (Fsp3) is 0. The van der Waals surface area contributed by atoms with Crippen molar-refractivity contribution in [2.45, 2.75) is 0 Å². The summed E-state index contributed by atoms with van der Waals surface area (Å²) in [6.07, 6.45) is 1.46. The third kappa shape index (κ3) is 4.27. The first-order chi connectivity index (χ1) is 12.8. The summed E-state index contributed by atoms with van der Waals surface area (Å²) in [5.74, 6) is -0.896. The summed E-state index contributed by atoms with van der Waals surface area (Å²) in [6, 6.07) is 7.58. The van der Waals surface area contributed by atoms with Gasteiger partial charge in [0.05, 0.1) is 30.0 Å². The first-order valence-corrected chi connectivity index (χ1v) is 9.53. The number of rotatable bonds is 3. The van der Waals surface area contributed by atoms with Crippen LogP contribution in [0.5, 0.6) is 5.75 Å². The molecule has 2 N–H and O–H groups in total. The molecule has 7 nitrogen and oxygen atoms in total. The zero-order chi connectivity index (χ0) is 19.7. The second-order valence-corrected chi connectivity index (χ2v) is 7.85. The standard InChI is InChI=1S/C16H8BrCl2N3O4S/c17-8-4-7(5-11(14(8)23)22(25)26)6-12-15(24)21-16(27-12)20-10-3-1-2-9(18)13(10)19/h1-6,23H,(H,20,21,24). The van der Waals surface area contributed by atoms with Gasteiger partial charge in [0.2, 0.25) is 5.75 Å². The normalized spacial score (nSPS) is 16.8. The van der Waals surface area contributed by atoms with Crippen molar-refractivity contribution in [1.82, 2.24) is 5.32 Å². The van der Waals surface area contributed by atoms with Gasteiger partial charge in [-0.15, -0.1) is 0 Å². The Morgan fingerprint density at radius 1 is 1.33 bits per heavy atom. The molecular formula is C16H8BrCl2N3O4S. The predicted octanol–water partition coefficient (Wildman–Crippen LogP) is 5.26.